The SMILES string of the molecule is C=CC[CH]CC1CC1. The molecular formula is C8H13. The van der Waals surface area contributed by atoms with E-state index in [1.54, 1.807) is 0 Å². The van der Waals surface area contributed by atoms with Gasteiger partial charge in [0.25, 0.3) is 0 Å². The highest BCUT2D eigenvalue weighted by molar-refractivity contribution is 4.84. The van der Waals surface area contributed by atoms with Crippen LogP contribution < -0.4 is 0 Å². The molecular weight excluding hydrogens is 96.1 g/mol. The van der Waals surface area contributed by atoms with E-state index < -0.39 is 0 Å². The van der Waals surface area contributed by atoms with Crippen LogP contribution in [0.5, 0.6) is 0 Å². The number of unbranched alkanes of at least 4 members (excludes halogenated alkanes) is 1. The second kappa shape index (κ2) is 2.91. The molecule has 0 heteroatoms. The minimum absolute atomic E-state index is 1.05. The molecule has 0 nitrogen and oxygen atoms in total. The molecule has 8 heavy (non-hydrogen) atoms. The van der Waals surface area contributed by atoms with Crippen molar-refractivity contribution >= 4 is 0 Å². The fourth-order valence-electron chi connectivity index (χ4n) is 0.803. The summed E-state index contributed by atoms with van der Waals surface area (Å²) in [5.41, 5.74) is 0. The topological polar surface area (TPSA) is 0 Å². The van der Waals surface area contributed by atoms with Gasteiger partial charge in [-0.3, -0.25) is 0 Å². The van der Waals surface area contributed by atoms with Crippen LogP contribution in [0.15, 0.2) is 12.7 Å². The van der Waals surface area contributed by atoms with Crippen molar-refractivity contribution in [2.75, 3.05) is 0 Å². The van der Waals surface area contributed by atoms with E-state index >= 15 is 0 Å². The average Bonchev–Trinajstić information content (AvgIpc) is 2.51. The maximum Gasteiger partial charge on any atom is -0.0322 e. The molecule has 0 N–H and O–H groups in total. The Morgan fingerprint density at radius 2 is 2.25 bits per heavy atom. The van der Waals surface area contributed by atoms with Crippen molar-refractivity contribution in [3.63, 3.8) is 0 Å². The molecule has 1 radical (unpaired) electrons. The van der Waals surface area contributed by atoms with Crippen LogP contribution in [0.1, 0.15) is 25.7 Å². The maximum atomic E-state index is 3.65. The van der Waals surface area contributed by atoms with Gasteiger partial charge in [-0.15, -0.1) is 6.58 Å². The first-order chi connectivity index (χ1) is 3.93. The molecule has 0 saturated heterocycles. The Hall–Kier alpha value is -0.260. The minimum Gasteiger partial charge on any atom is -0.103 e. The van der Waals surface area contributed by atoms with E-state index in [0.29, 0.717) is 0 Å². The highest BCUT2D eigenvalue weighted by Crippen LogP contribution is 2.33. The number of hydrogen-bond acceptors (Lipinski definition) is 0. The zero-order chi connectivity index (χ0) is 5.82. The summed E-state index contributed by atoms with van der Waals surface area (Å²) >= 11 is 0. The van der Waals surface area contributed by atoms with Gasteiger partial charge < -0.3 is 0 Å². The zero-order valence-electron chi connectivity index (χ0n) is 5.27. The van der Waals surface area contributed by atoms with Crippen LogP contribution in [0, 0.1) is 12.3 Å². The lowest BCUT2D eigenvalue weighted by molar-refractivity contribution is 0.797. The number of allylic oxidation sites excluding steroid dienone is 1. The predicted molar refractivity (Wildman–Crippen MR) is 36.5 cm³/mol. The van der Waals surface area contributed by atoms with Crippen LogP contribution in [0.2, 0.25) is 0 Å². The molecule has 0 spiro atoms. The highest BCUT2D eigenvalue weighted by atomic mass is 14.2. The molecule has 1 aliphatic carbocycles. The van der Waals surface area contributed by atoms with Crippen LogP contribution >= 0.6 is 0 Å². The zero-order valence-corrected chi connectivity index (χ0v) is 5.27. The van der Waals surface area contributed by atoms with Gasteiger partial charge in [-0.2, -0.15) is 0 Å². The lowest BCUT2D eigenvalue weighted by atomic mass is 10.2. The highest BCUT2D eigenvalue weighted by Gasteiger charge is 2.19. The average molecular weight is 109 g/mol. The summed E-state index contributed by atoms with van der Waals surface area (Å²) in [6, 6.07) is 0. The fraction of sp³-hybridized carbons (Fsp3) is 0.625. The van der Waals surface area contributed by atoms with E-state index in [0.717, 1.165) is 12.3 Å². The van der Waals surface area contributed by atoms with E-state index in [-0.39, 0.29) is 0 Å². The summed E-state index contributed by atoms with van der Waals surface area (Å²) in [5.74, 6) is 1.05. The summed E-state index contributed by atoms with van der Waals surface area (Å²) in [6.45, 7) is 3.65. The third-order valence-corrected chi connectivity index (χ3v) is 1.53. The molecule has 0 bridgehead atoms. The lowest BCUT2D eigenvalue weighted by Gasteiger charge is -1.89. The Bertz CT molecular complexity index is 70.1. The first-order valence-electron chi connectivity index (χ1n) is 3.36. The fourth-order valence-corrected chi connectivity index (χ4v) is 0.803. The Balaban J connectivity index is 1.80. The van der Waals surface area contributed by atoms with Gasteiger partial charge in [0, 0.05) is 0 Å². The summed E-state index contributed by atoms with van der Waals surface area (Å²) in [5, 5.41) is 0. The second-order valence-electron chi connectivity index (χ2n) is 2.49. The van der Waals surface area contributed by atoms with Crippen LogP contribution in [-0.2, 0) is 0 Å². The van der Waals surface area contributed by atoms with Gasteiger partial charge in [-0.25, -0.2) is 0 Å². The molecule has 1 aliphatic rings. The molecule has 45 valence electrons. The smallest absolute Gasteiger partial charge is 0.0322 e. The molecule has 1 rings (SSSR count). The molecule has 0 aliphatic heterocycles. The Morgan fingerprint density at radius 3 is 2.75 bits per heavy atom. The van der Waals surface area contributed by atoms with Gasteiger partial charge in [0.1, 0.15) is 0 Å². The number of rotatable bonds is 4. The molecule has 1 fully saturated rings. The molecule has 0 heterocycles. The van der Waals surface area contributed by atoms with E-state index in [1.807, 2.05) is 6.08 Å². The normalized spacial score (nSPS) is 18.5. The van der Waals surface area contributed by atoms with Crippen LogP contribution in [0.4, 0.5) is 0 Å². The summed E-state index contributed by atoms with van der Waals surface area (Å²) in [7, 11) is 0. The van der Waals surface area contributed by atoms with Crippen molar-refractivity contribution in [3.05, 3.63) is 19.1 Å². The Kier molecular flexibility index (Phi) is 2.13. The predicted octanol–water partition coefficient (Wildman–Crippen LogP) is 2.57. The first kappa shape index (κ1) is 5.87. The monoisotopic (exact) mass is 109 g/mol. The number of hydrogen-bond donors (Lipinski definition) is 0. The second-order valence-corrected chi connectivity index (χ2v) is 2.49. The summed E-state index contributed by atoms with van der Waals surface area (Å²) in [6.07, 6.45) is 9.64. The molecule has 0 aromatic rings. The molecule has 1 saturated carbocycles. The van der Waals surface area contributed by atoms with Gasteiger partial charge in [-0.1, -0.05) is 18.9 Å². The van der Waals surface area contributed by atoms with Crippen molar-refractivity contribution in [2.24, 2.45) is 5.92 Å². The molecule has 0 unspecified atom stereocenters. The Morgan fingerprint density at radius 1 is 1.50 bits per heavy atom. The summed E-state index contributed by atoms with van der Waals surface area (Å²) in [4.78, 5) is 0. The van der Waals surface area contributed by atoms with Gasteiger partial charge >= 0.3 is 0 Å². The van der Waals surface area contributed by atoms with Crippen molar-refractivity contribution in [3.8, 4) is 0 Å². The maximum absolute atomic E-state index is 3.65. The van der Waals surface area contributed by atoms with Gasteiger partial charge in [0.15, 0.2) is 0 Å². The van der Waals surface area contributed by atoms with Gasteiger partial charge in [0.2, 0.25) is 0 Å². The van der Waals surface area contributed by atoms with Crippen LogP contribution in [-0.4, -0.2) is 0 Å². The first-order valence-corrected chi connectivity index (χ1v) is 3.36. The molecule has 0 aromatic heterocycles. The Labute approximate surface area is 51.6 Å². The van der Waals surface area contributed by atoms with Crippen molar-refractivity contribution in [1.29, 1.82) is 0 Å². The third-order valence-electron chi connectivity index (χ3n) is 1.53. The van der Waals surface area contributed by atoms with E-state index in [2.05, 4.69) is 13.0 Å². The van der Waals surface area contributed by atoms with E-state index in [4.69, 9.17) is 0 Å². The molecule has 0 atom stereocenters. The quantitative estimate of drug-likeness (QED) is 0.384. The minimum atomic E-state index is 1.05. The van der Waals surface area contributed by atoms with Crippen molar-refractivity contribution in [1.82, 2.24) is 0 Å². The standard InChI is InChI=1S/C8H13/c1-2-3-4-5-8-6-7-8/h2,4,8H,1,3,5-7H2. The van der Waals surface area contributed by atoms with Crippen LogP contribution in [0.3, 0.4) is 0 Å². The molecule has 0 amide bonds. The van der Waals surface area contributed by atoms with Crippen molar-refractivity contribution in [2.45, 2.75) is 25.7 Å². The van der Waals surface area contributed by atoms with Gasteiger partial charge in [-0.05, 0) is 25.2 Å². The molecule has 0 aromatic carbocycles. The van der Waals surface area contributed by atoms with Gasteiger partial charge in [0.05, 0.1) is 0 Å². The van der Waals surface area contributed by atoms with Crippen molar-refractivity contribution < 1.29 is 0 Å². The largest absolute Gasteiger partial charge is 0.103 e. The van der Waals surface area contributed by atoms with Crippen LogP contribution in [0.25, 0.3) is 0 Å². The summed E-state index contributed by atoms with van der Waals surface area (Å²) < 4.78 is 0. The third kappa shape index (κ3) is 2.15. The lowest BCUT2D eigenvalue weighted by Crippen LogP contribution is -1.75. The van der Waals surface area contributed by atoms with E-state index in [9.17, 15) is 0 Å². The van der Waals surface area contributed by atoms with E-state index in [1.165, 1.54) is 19.3 Å².